The largest absolute Gasteiger partial charge is 0.476 e. The average molecular weight is 613 g/mol. The Morgan fingerprint density at radius 2 is 1.74 bits per heavy atom. The molecule has 3 aromatic heterocycles. The number of hydrogen-bond acceptors (Lipinski definition) is 6. The number of nitrogens with one attached hydrogen (secondary N) is 1. The summed E-state index contributed by atoms with van der Waals surface area (Å²) in [6.45, 7) is 3.25. The number of imidazole rings is 1. The smallest absolute Gasteiger partial charge is 0.356 e. The van der Waals surface area contributed by atoms with Gasteiger partial charge in [0.1, 0.15) is 16.7 Å². The Kier molecular flexibility index (Phi) is 6.30. The molecule has 1 saturated carbocycles. The highest BCUT2D eigenvalue weighted by Crippen LogP contribution is 2.67. The summed E-state index contributed by atoms with van der Waals surface area (Å²) in [5, 5.41) is 13.0. The number of piperidine rings is 1. The molecule has 1 aliphatic carbocycles. The normalized spacial score (nSPS) is 20.2. The van der Waals surface area contributed by atoms with E-state index in [1.165, 1.54) is 16.5 Å². The van der Waals surface area contributed by atoms with Crippen molar-refractivity contribution in [2.45, 2.75) is 56.4 Å². The van der Waals surface area contributed by atoms with Crippen molar-refractivity contribution in [3.8, 4) is 0 Å². The third-order valence-electron chi connectivity index (χ3n) is 7.74. The Balaban J connectivity index is 1.52. The molecule has 15 heteroatoms. The summed E-state index contributed by atoms with van der Waals surface area (Å²) in [5.74, 6) is -15.1. The fourth-order valence-electron chi connectivity index (χ4n) is 5.46. The predicted octanol–water partition coefficient (Wildman–Crippen LogP) is 6.71. The zero-order valence-corrected chi connectivity index (χ0v) is 22.9. The minimum atomic E-state index is -4.27. The number of rotatable bonds is 6. The van der Waals surface area contributed by atoms with Crippen molar-refractivity contribution < 1.29 is 36.2 Å². The summed E-state index contributed by atoms with van der Waals surface area (Å²) in [6.07, 6.45) is 0.120. The number of benzene rings is 1. The van der Waals surface area contributed by atoms with E-state index in [0.717, 1.165) is 6.20 Å². The van der Waals surface area contributed by atoms with Crippen molar-refractivity contribution >= 4 is 45.8 Å². The van der Waals surface area contributed by atoms with Crippen LogP contribution < -0.4 is 10.2 Å². The molecule has 1 atom stereocenters. The molecule has 1 saturated heterocycles. The zero-order chi connectivity index (χ0) is 30.4. The van der Waals surface area contributed by atoms with Gasteiger partial charge in [-0.1, -0.05) is 17.7 Å². The van der Waals surface area contributed by atoms with Gasteiger partial charge in [-0.2, -0.15) is 17.6 Å². The first kappa shape index (κ1) is 28.3. The summed E-state index contributed by atoms with van der Waals surface area (Å²) >= 11 is 5.87. The predicted molar refractivity (Wildman–Crippen MR) is 143 cm³/mol. The molecule has 0 amide bonds. The molecule has 2 N–H and O–H groups in total. The van der Waals surface area contributed by atoms with Crippen molar-refractivity contribution in [3.63, 3.8) is 0 Å². The number of carbonyl (C=O) groups is 1. The summed E-state index contributed by atoms with van der Waals surface area (Å²) in [7, 11) is 0. The standard InChI is InChI=1S/C27H23ClF6N6O2/c1-12-9-14(13(2)35-16-3-4-18(28)37-20(16)23(41)42)19-15(10-12)22-36-17(21-26(31,32)27(21,33)34)11-40(22)24(38-19)39-7-5-25(29,30)6-8-39/h3-4,9-11,13,21,35H,5-8H2,1-2H3,(H,41,42)/t13-/m1/s1. The van der Waals surface area contributed by atoms with Crippen molar-refractivity contribution in [3.05, 3.63) is 58.1 Å². The maximum Gasteiger partial charge on any atom is 0.356 e. The number of hydrogen-bond donors (Lipinski definition) is 2. The first-order valence-electron chi connectivity index (χ1n) is 13.0. The lowest BCUT2D eigenvalue weighted by Gasteiger charge is -2.33. The van der Waals surface area contributed by atoms with Crippen LogP contribution in [-0.2, 0) is 0 Å². The van der Waals surface area contributed by atoms with E-state index >= 15 is 0 Å². The van der Waals surface area contributed by atoms with Crippen LogP contribution in [-0.4, -0.2) is 61.3 Å². The van der Waals surface area contributed by atoms with Gasteiger partial charge in [-0.25, -0.2) is 28.5 Å². The summed E-state index contributed by atoms with van der Waals surface area (Å²) in [4.78, 5) is 26.1. The van der Waals surface area contributed by atoms with Gasteiger partial charge in [-0.3, -0.25) is 4.40 Å². The van der Waals surface area contributed by atoms with Crippen molar-refractivity contribution in [1.82, 2.24) is 19.4 Å². The molecule has 2 aliphatic rings. The Labute approximate surface area is 239 Å². The number of aromatic nitrogens is 4. The van der Waals surface area contributed by atoms with Crippen LogP contribution in [0.2, 0.25) is 5.15 Å². The highest BCUT2D eigenvalue weighted by atomic mass is 35.5. The van der Waals surface area contributed by atoms with Gasteiger partial charge in [-0.05, 0) is 37.6 Å². The first-order chi connectivity index (χ1) is 19.6. The lowest BCUT2D eigenvalue weighted by molar-refractivity contribution is -0.0278. The van der Waals surface area contributed by atoms with Gasteiger partial charge >= 0.3 is 17.8 Å². The number of pyridine rings is 1. The van der Waals surface area contributed by atoms with E-state index in [4.69, 9.17) is 16.6 Å². The van der Waals surface area contributed by atoms with Crippen LogP contribution in [0.1, 0.15) is 59.0 Å². The van der Waals surface area contributed by atoms with Gasteiger partial charge in [-0.15, -0.1) is 0 Å². The Hall–Kier alpha value is -3.81. The molecule has 0 spiro atoms. The minimum Gasteiger partial charge on any atom is -0.476 e. The molecular weight excluding hydrogens is 590 g/mol. The molecule has 42 heavy (non-hydrogen) atoms. The number of halogens is 7. The van der Waals surface area contributed by atoms with Gasteiger partial charge < -0.3 is 15.3 Å². The summed E-state index contributed by atoms with van der Waals surface area (Å²) < 4.78 is 85.4. The van der Waals surface area contributed by atoms with Gasteiger partial charge in [0.2, 0.25) is 5.95 Å². The van der Waals surface area contributed by atoms with E-state index in [-0.39, 0.29) is 41.2 Å². The van der Waals surface area contributed by atoms with E-state index < -0.39 is 54.2 Å². The molecule has 4 aromatic rings. The second-order valence-corrected chi connectivity index (χ2v) is 11.1. The van der Waals surface area contributed by atoms with Crippen LogP contribution in [0.5, 0.6) is 0 Å². The number of carboxylic acids is 1. The molecule has 8 nitrogen and oxygen atoms in total. The summed E-state index contributed by atoms with van der Waals surface area (Å²) in [5.41, 5.74) is 0.919. The lowest BCUT2D eigenvalue weighted by atomic mass is 10.0. The number of aromatic carboxylic acids is 1. The third-order valence-corrected chi connectivity index (χ3v) is 7.95. The lowest BCUT2D eigenvalue weighted by Crippen LogP contribution is -2.40. The van der Waals surface area contributed by atoms with E-state index in [0.29, 0.717) is 22.0 Å². The monoisotopic (exact) mass is 612 g/mol. The number of anilines is 2. The van der Waals surface area contributed by atoms with Gasteiger partial charge in [0.05, 0.1) is 22.9 Å². The number of nitrogens with zero attached hydrogens (tertiary/aromatic N) is 5. The number of carboxylic acid groups (broad SMARTS) is 1. The van der Waals surface area contributed by atoms with Crippen LogP contribution in [0.25, 0.3) is 16.6 Å². The fraction of sp³-hybridized carbons (Fsp3) is 0.407. The van der Waals surface area contributed by atoms with Crippen LogP contribution in [0.15, 0.2) is 30.5 Å². The van der Waals surface area contributed by atoms with Gasteiger partial charge in [0.15, 0.2) is 5.69 Å². The maximum atomic E-state index is 14.0. The van der Waals surface area contributed by atoms with Crippen LogP contribution in [0.3, 0.4) is 0 Å². The fourth-order valence-corrected chi connectivity index (χ4v) is 5.61. The first-order valence-corrected chi connectivity index (χ1v) is 13.4. The molecule has 1 aromatic carbocycles. The van der Waals surface area contributed by atoms with E-state index in [1.54, 1.807) is 30.9 Å². The Morgan fingerprint density at radius 3 is 2.36 bits per heavy atom. The Bertz CT molecular complexity index is 1740. The Morgan fingerprint density at radius 1 is 1.07 bits per heavy atom. The van der Waals surface area contributed by atoms with E-state index in [2.05, 4.69) is 15.3 Å². The van der Waals surface area contributed by atoms with Gasteiger partial charge in [0, 0.05) is 43.1 Å². The average Bonchev–Trinajstić information content (AvgIpc) is 3.16. The highest BCUT2D eigenvalue weighted by Gasteiger charge is 2.86. The SMILES string of the molecule is Cc1cc([C@@H](C)Nc2ccc(Cl)nc2C(=O)O)c2nc(N3CCC(F)(F)CC3)n3cc(C4C(F)(F)C4(F)F)nc3c2c1. The van der Waals surface area contributed by atoms with Crippen LogP contribution in [0, 0.1) is 6.92 Å². The molecule has 222 valence electrons. The molecule has 0 bridgehead atoms. The zero-order valence-electron chi connectivity index (χ0n) is 22.1. The second-order valence-electron chi connectivity index (χ2n) is 10.7. The topological polar surface area (TPSA) is 95.6 Å². The second kappa shape index (κ2) is 9.35. The van der Waals surface area contributed by atoms with Crippen molar-refractivity contribution in [2.75, 3.05) is 23.3 Å². The molecule has 0 unspecified atom stereocenters. The molecule has 1 aliphatic heterocycles. The van der Waals surface area contributed by atoms with Crippen LogP contribution in [0.4, 0.5) is 38.0 Å². The minimum absolute atomic E-state index is 0.0191. The number of fused-ring (bicyclic) bond motifs is 3. The maximum absolute atomic E-state index is 14.0. The van der Waals surface area contributed by atoms with Crippen molar-refractivity contribution in [2.24, 2.45) is 0 Å². The number of aryl methyl sites for hydroxylation is 1. The molecule has 6 rings (SSSR count). The number of alkyl halides is 6. The quantitative estimate of drug-likeness (QED) is 0.184. The molecular formula is C27H23ClF6N6O2. The molecule has 2 fully saturated rings. The van der Waals surface area contributed by atoms with E-state index in [9.17, 15) is 36.2 Å². The third kappa shape index (κ3) is 4.46. The highest BCUT2D eigenvalue weighted by molar-refractivity contribution is 6.29. The van der Waals surface area contributed by atoms with Gasteiger partial charge in [0.25, 0.3) is 5.92 Å². The van der Waals surface area contributed by atoms with E-state index in [1.807, 2.05) is 0 Å². The summed E-state index contributed by atoms with van der Waals surface area (Å²) in [6, 6.07) is 5.70. The molecule has 4 heterocycles. The molecule has 0 radical (unpaired) electrons. The van der Waals surface area contributed by atoms with Crippen LogP contribution >= 0.6 is 11.6 Å². The van der Waals surface area contributed by atoms with Crippen molar-refractivity contribution in [1.29, 1.82) is 0 Å².